The summed E-state index contributed by atoms with van der Waals surface area (Å²) in [5.74, 6) is -0.354. The molecular formula is C11H11N2O2. The Morgan fingerprint density at radius 2 is 2.27 bits per heavy atom. The molecule has 1 aromatic rings. The van der Waals surface area contributed by atoms with Crippen LogP contribution >= 0.6 is 0 Å². The number of hydrogen-bond acceptors (Lipinski definition) is 3. The summed E-state index contributed by atoms with van der Waals surface area (Å²) in [6, 6.07) is 7.08. The molecule has 1 aliphatic heterocycles. The minimum Gasteiger partial charge on any atom is -0.399 e. The van der Waals surface area contributed by atoms with Crippen molar-refractivity contribution in [2.24, 2.45) is 5.92 Å². The minimum atomic E-state index is -0.307. The second-order valence-electron chi connectivity index (χ2n) is 3.62. The SMILES string of the molecule is Nc1cccc(N2CC([C]=O)CC2=O)c1. The largest absolute Gasteiger partial charge is 0.399 e. The van der Waals surface area contributed by atoms with Gasteiger partial charge in [0.05, 0.1) is 5.92 Å². The van der Waals surface area contributed by atoms with Crippen LogP contribution in [0.3, 0.4) is 0 Å². The molecule has 1 fully saturated rings. The summed E-state index contributed by atoms with van der Waals surface area (Å²) in [4.78, 5) is 23.6. The van der Waals surface area contributed by atoms with Gasteiger partial charge in [-0.15, -0.1) is 0 Å². The van der Waals surface area contributed by atoms with Gasteiger partial charge in [-0.2, -0.15) is 0 Å². The molecule has 15 heavy (non-hydrogen) atoms. The molecule has 2 N–H and O–H groups in total. The second kappa shape index (κ2) is 3.73. The fourth-order valence-corrected chi connectivity index (χ4v) is 1.73. The van der Waals surface area contributed by atoms with Crippen LogP contribution in [-0.4, -0.2) is 18.7 Å². The van der Waals surface area contributed by atoms with Crippen LogP contribution in [-0.2, 0) is 9.59 Å². The maximum absolute atomic E-state index is 11.6. The highest BCUT2D eigenvalue weighted by atomic mass is 16.2. The Hall–Kier alpha value is -1.84. The molecule has 0 bridgehead atoms. The van der Waals surface area contributed by atoms with Crippen LogP contribution in [0.5, 0.6) is 0 Å². The van der Waals surface area contributed by atoms with Gasteiger partial charge in [0.2, 0.25) is 12.2 Å². The number of carbonyl (C=O) groups is 1. The number of hydrogen-bond donors (Lipinski definition) is 1. The van der Waals surface area contributed by atoms with Crippen LogP contribution in [0.2, 0.25) is 0 Å². The van der Waals surface area contributed by atoms with Crippen molar-refractivity contribution in [1.82, 2.24) is 0 Å². The average Bonchev–Trinajstić information content (AvgIpc) is 2.60. The van der Waals surface area contributed by atoms with E-state index in [1.807, 2.05) is 6.29 Å². The number of nitrogens with zero attached hydrogens (tertiary/aromatic N) is 1. The van der Waals surface area contributed by atoms with Crippen molar-refractivity contribution < 1.29 is 9.59 Å². The van der Waals surface area contributed by atoms with Gasteiger partial charge in [-0.25, -0.2) is 0 Å². The van der Waals surface area contributed by atoms with Gasteiger partial charge >= 0.3 is 0 Å². The number of amides is 1. The van der Waals surface area contributed by atoms with E-state index in [1.54, 1.807) is 29.2 Å². The molecule has 77 valence electrons. The number of rotatable bonds is 2. The van der Waals surface area contributed by atoms with Crippen LogP contribution in [0.1, 0.15) is 6.42 Å². The standard InChI is InChI=1S/C11H11N2O2/c12-9-2-1-3-10(5-9)13-6-8(7-14)4-11(13)15/h1-3,5,8H,4,6,12H2. The first kappa shape index (κ1) is 9.71. The van der Waals surface area contributed by atoms with E-state index in [2.05, 4.69) is 0 Å². The number of benzene rings is 1. The summed E-state index contributed by atoms with van der Waals surface area (Å²) in [6.45, 7) is 0.409. The first-order chi connectivity index (χ1) is 7.20. The van der Waals surface area contributed by atoms with Crippen molar-refractivity contribution in [3.63, 3.8) is 0 Å². The molecule has 0 aromatic heterocycles. The molecule has 1 saturated heterocycles. The summed E-state index contributed by atoms with van der Waals surface area (Å²) in [5, 5.41) is 0. The van der Waals surface area contributed by atoms with Gasteiger partial charge in [0.1, 0.15) is 0 Å². The van der Waals surface area contributed by atoms with E-state index in [4.69, 9.17) is 5.73 Å². The van der Waals surface area contributed by atoms with Gasteiger partial charge in [0, 0.05) is 24.3 Å². The van der Waals surface area contributed by atoms with Gasteiger partial charge in [-0.05, 0) is 18.2 Å². The Labute approximate surface area is 87.7 Å². The summed E-state index contributed by atoms with van der Waals surface area (Å²) in [5.41, 5.74) is 6.98. The van der Waals surface area contributed by atoms with Crippen LogP contribution in [0, 0.1) is 5.92 Å². The summed E-state index contributed by atoms with van der Waals surface area (Å²) in [6.07, 6.45) is 2.11. The fraction of sp³-hybridized carbons (Fsp3) is 0.273. The molecule has 0 aliphatic carbocycles. The number of nitrogens with two attached hydrogens (primary N) is 1. The van der Waals surface area contributed by atoms with Crippen molar-refractivity contribution in [2.75, 3.05) is 17.2 Å². The molecule has 1 amide bonds. The highest BCUT2D eigenvalue weighted by Crippen LogP contribution is 2.25. The molecule has 1 heterocycles. The molecule has 0 saturated carbocycles. The van der Waals surface area contributed by atoms with E-state index in [0.29, 0.717) is 12.2 Å². The molecule has 1 aromatic carbocycles. The normalized spacial score (nSPS) is 20.7. The molecular weight excluding hydrogens is 192 g/mol. The molecule has 1 radical (unpaired) electrons. The third-order valence-corrected chi connectivity index (χ3v) is 2.47. The van der Waals surface area contributed by atoms with Gasteiger partial charge in [0.15, 0.2) is 0 Å². The van der Waals surface area contributed by atoms with E-state index in [9.17, 15) is 9.59 Å². The molecule has 4 nitrogen and oxygen atoms in total. The summed E-state index contributed by atoms with van der Waals surface area (Å²) >= 11 is 0. The Kier molecular flexibility index (Phi) is 2.41. The van der Waals surface area contributed by atoms with E-state index in [-0.39, 0.29) is 18.2 Å². The van der Waals surface area contributed by atoms with Crippen molar-refractivity contribution in [3.8, 4) is 0 Å². The minimum absolute atomic E-state index is 0.0473. The number of nitrogen functional groups attached to an aromatic ring is 1. The smallest absolute Gasteiger partial charge is 0.227 e. The molecule has 1 unspecified atom stereocenters. The lowest BCUT2D eigenvalue weighted by molar-refractivity contribution is -0.117. The highest BCUT2D eigenvalue weighted by molar-refractivity contribution is 5.98. The van der Waals surface area contributed by atoms with E-state index in [0.717, 1.165) is 5.69 Å². The Morgan fingerprint density at radius 1 is 1.47 bits per heavy atom. The first-order valence-electron chi connectivity index (χ1n) is 4.74. The van der Waals surface area contributed by atoms with Crippen LogP contribution in [0.25, 0.3) is 0 Å². The van der Waals surface area contributed by atoms with E-state index in [1.165, 1.54) is 0 Å². The Balaban J connectivity index is 2.25. The van der Waals surface area contributed by atoms with Gasteiger partial charge < -0.3 is 10.6 Å². The molecule has 4 heteroatoms. The molecule has 2 rings (SSSR count). The van der Waals surface area contributed by atoms with Crippen molar-refractivity contribution in [1.29, 1.82) is 0 Å². The van der Waals surface area contributed by atoms with Crippen LogP contribution in [0.4, 0.5) is 11.4 Å². The van der Waals surface area contributed by atoms with Crippen LogP contribution < -0.4 is 10.6 Å². The number of carbonyl (C=O) groups excluding carboxylic acids is 2. The lowest BCUT2D eigenvalue weighted by Crippen LogP contribution is -2.24. The molecule has 1 aliphatic rings. The zero-order valence-electron chi connectivity index (χ0n) is 8.14. The highest BCUT2D eigenvalue weighted by Gasteiger charge is 2.30. The Bertz CT molecular complexity index is 403. The number of anilines is 2. The monoisotopic (exact) mass is 203 g/mol. The van der Waals surface area contributed by atoms with E-state index >= 15 is 0 Å². The predicted molar refractivity (Wildman–Crippen MR) is 57.0 cm³/mol. The van der Waals surface area contributed by atoms with E-state index < -0.39 is 0 Å². The Morgan fingerprint density at radius 3 is 2.87 bits per heavy atom. The maximum atomic E-state index is 11.6. The fourth-order valence-electron chi connectivity index (χ4n) is 1.73. The molecule has 0 spiro atoms. The van der Waals surface area contributed by atoms with Gasteiger partial charge in [-0.3, -0.25) is 9.59 Å². The van der Waals surface area contributed by atoms with Gasteiger partial charge in [-0.1, -0.05) is 6.07 Å². The lowest BCUT2D eigenvalue weighted by Gasteiger charge is -2.15. The maximum Gasteiger partial charge on any atom is 0.227 e. The average molecular weight is 203 g/mol. The van der Waals surface area contributed by atoms with Crippen molar-refractivity contribution >= 4 is 23.6 Å². The first-order valence-corrected chi connectivity index (χ1v) is 4.74. The zero-order chi connectivity index (χ0) is 10.8. The third-order valence-electron chi connectivity index (χ3n) is 2.47. The summed E-state index contributed by atoms with van der Waals surface area (Å²) < 4.78 is 0. The second-order valence-corrected chi connectivity index (χ2v) is 3.62. The van der Waals surface area contributed by atoms with Crippen molar-refractivity contribution in [3.05, 3.63) is 24.3 Å². The predicted octanol–water partition coefficient (Wildman–Crippen LogP) is 0.731. The summed E-state index contributed by atoms with van der Waals surface area (Å²) in [7, 11) is 0. The van der Waals surface area contributed by atoms with Gasteiger partial charge in [0.25, 0.3) is 0 Å². The molecule has 1 atom stereocenters. The quantitative estimate of drug-likeness (QED) is 0.721. The van der Waals surface area contributed by atoms with Crippen molar-refractivity contribution in [2.45, 2.75) is 6.42 Å². The van der Waals surface area contributed by atoms with Crippen LogP contribution in [0.15, 0.2) is 24.3 Å². The zero-order valence-corrected chi connectivity index (χ0v) is 8.14. The third kappa shape index (κ3) is 1.83. The topological polar surface area (TPSA) is 63.4 Å². The lowest BCUT2D eigenvalue weighted by atomic mass is 10.1.